The van der Waals surface area contributed by atoms with E-state index in [1.54, 1.807) is 0 Å². The number of hydrogen-bond acceptors (Lipinski definition) is 4. The highest BCUT2D eigenvalue weighted by atomic mass is 16.5. The minimum atomic E-state index is -1.00. The first-order valence-electron chi connectivity index (χ1n) is 9.40. The second-order valence-corrected chi connectivity index (χ2v) is 6.57. The van der Waals surface area contributed by atoms with Crippen LogP contribution < -0.4 is 10.6 Å². The summed E-state index contributed by atoms with van der Waals surface area (Å²) in [7, 11) is 0. The molecule has 0 aromatic heterocycles. The van der Waals surface area contributed by atoms with E-state index in [0.717, 1.165) is 18.4 Å². The predicted octanol–water partition coefficient (Wildman–Crippen LogP) is 3.09. The number of alkyl carbamates (subject to hydrolysis) is 1. The highest BCUT2D eigenvalue weighted by molar-refractivity contribution is 5.83. The van der Waals surface area contributed by atoms with Gasteiger partial charge in [0.15, 0.2) is 0 Å². The van der Waals surface area contributed by atoms with Crippen molar-refractivity contribution in [2.45, 2.75) is 58.6 Å². The third kappa shape index (κ3) is 9.63. The quantitative estimate of drug-likeness (QED) is 0.485. The molecule has 7 nitrogen and oxygen atoms in total. The Kier molecular flexibility index (Phi) is 10.6. The first-order valence-corrected chi connectivity index (χ1v) is 9.40. The molecule has 150 valence electrons. The molecule has 0 aliphatic rings. The Bertz CT molecular complexity index is 591. The van der Waals surface area contributed by atoms with Gasteiger partial charge in [-0.15, -0.1) is 0 Å². The molecule has 7 heteroatoms. The maximum Gasteiger partial charge on any atom is 0.407 e. The van der Waals surface area contributed by atoms with Crippen molar-refractivity contribution in [2.75, 3.05) is 6.54 Å². The molecular weight excluding hydrogens is 348 g/mol. The molecule has 0 fully saturated rings. The molecular formula is C20H30N2O5. The van der Waals surface area contributed by atoms with Crippen LogP contribution in [0.15, 0.2) is 30.3 Å². The van der Waals surface area contributed by atoms with Gasteiger partial charge in [0.2, 0.25) is 5.91 Å². The van der Waals surface area contributed by atoms with Gasteiger partial charge in [-0.25, -0.2) is 9.59 Å². The molecule has 0 spiro atoms. The monoisotopic (exact) mass is 378 g/mol. The van der Waals surface area contributed by atoms with Crippen molar-refractivity contribution in [3.8, 4) is 0 Å². The molecule has 0 aliphatic heterocycles. The van der Waals surface area contributed by atoms with E-state index in [1.807, 2.05) is 44.2 Å². The molecule has 1 rings (SSSR count). The van der Waals surface area contributed by atoms with E-state index in [0.29, 0.717) is 19.4 Å². The number of unbranched alkanes of at least 4 members (excludes halogenated alkanes) is 2. The topological polar surface area (TPSA) is 105 Å². The zero-order valence-electron chi connectivity index (χ0n) is 16.1. The van der Waals surface area contributed by atoms with E-state index in [2.05, 4.69) is 10.6 Å². The molecule has 0 aliphatic carbocycles. The fourth-order valence-electron chi connectivity index (χ4n) is 2.48. The summed E-state index contributed by atoms with van der Waals surface area (Å²) >= 11 is 0. The number of rotatable bonds is 12. The molecule has 0 heterocycles. The Morgan fingerprint density at radius 2 is 1.81 bits per heavy atom. The fourth-order valence-corrected chi connectivity index (χ4v) is 2.48. The number of carboxylic acids is 1. The van der Waals surface area contributed by atoms with E-state index < -0.39 is 18.1 Å². The Hall–Kier alpha value is -2.57. The molecule has 0 unspecified atom stereocenters. The summed E-state index contributed by atoms with van der Waals surface area (Å²) in [6.07, 6.45) is 2.62. The van der Waals surface area contributed by atoms with Gasteiger partial charge in [-0.3, -0.25) is 4.79 Å². The van der Waals surface area contributed by atoms with Gasteiger partial charge in [-0.2, -0.15) is 0 Å². The summed E-state index contributed by atoms with van der Waals surface area (Å²) in [6, 6.07) is 8.59. The van der Waals surface area contributed by atoms with Crippen LogP contribution in [0.25, 0.3) is 0 Å². The smallest absolute Gasteiger partial charge is 0.407 e. The maximum absolute atomic E-state index is 11.9. The number of carbonyl (C=O) groups is 3. The van der Waals surface area contributed by atoms with Crippen LogP contribution in [0.2, 0.25) is 0 Å². The van der Waals surface area contributed by atoms with Crippen molar-refractivity contribution in [3.05, 3.63) is 35.9 Å². The van der Waals surface area contributed by atoms with Gasteiger partial charge < -0.3 is 20.5 Å². The largest absolute Gasteiger partial charge is 0.480 e. The van der Waals surface area contributed by atoms with Gasteiger partial charge in [-0.1, -0.05) is 57.0 Å². The van der Waals surface area contributed by atoms with E-state index in [1.165, 1.54) is 0 Å². The van der Waals surface area contributed by atoms with Crippen LogP contribution in [0.5, 0.6) is 0 Å². The van der Waals surface area contributed by atoms with E-state index in [4.69, 9.17) is 9.84 Å². The number of amides is 2. The summed E-state index contributed by atoms with van der Waals surface area (Å²) in [5, 5.41) is 14.4. The van der Waals surface area contributed by atoms with Crippen LogP contribution in [0.4, 0.5) is 4.79 Å². The standard InChI is InChI=1S/C20H30N2O5/c1-3-15(2)18(19(24)25)22-17(23)12-8-5-9-13-21-20(26)27-14-16-10-6-4-7-11-16/h4,6-7,10-11,15,18H,3,5,8-9,12-14H2,1-2H3,(H,21,26)(H,22,23)(H,24,25)/t15-,18-/m1/s1. The van der Waals surface area contributed by atoms with Crippen molar-refractivity contribution < 1.29 is 24.2 Å². The van der Waals surface area contributed by atoms with Gasteiger partial charge in [0.05, 0.1) is 0 Å². The van der Waals surface area contributed by atoms with Gasteiger partial charge in [0.1, 0.15) is 12.6 Å². The third-order valence-electron chi connectivity index (χ3n) is 4.36. The zero-order chi connectivity index (χ0) is 20.1. The average molecular weight is 378 g/mol. The summed E-state index contributed by atoms with van der Waals surface area (Å²) in [6.45, 7) is 4.40. The Labute approximate surface area is 160 Å². The fraction of sp³-hybridized carbons (Fsp3) is 0.550. The molecule has 27 heavy (non-hydrogen) atoms. The highest BCUT2D eigenvalue weighted by Crippen LogP contribution is 2.09. The van der Waals surface area contributed by atoms with E-state index in [9.17, 15) is 14.4 Å². The van der Waals surface area contributed by atoms with Crippen molar-refractivity contribution in [1.82, 2.24) is 10.6 Å². The van der Waals surface area contributed by atoms with Gasteiger partial charge in [-0.05, 0) is 24.3 Å². The first kappa shape index (κ1) is 22.5. The number of nitrogens with one attached hydrogen (secondary N) is 2. The zero-order valence-corrected chi connectivity index (χ0v) is 16.1. The number of hydrogen-bond donors (Lipinski definition) is 3. The summed E-state index contributed by atoms with van der Waals surface area (Å²) < 4.78 is 5.10. The highest BCUT2D eigenvalue weighted by Gasteiger charge is 2.24. The molecule has 0 radical (unpaired) electrons. The van der Waals surface area contributed by atoms with Crippen molar-refractivity contribution in [3.63, 3.8) is 0 Å². The van der Waals surface area contributed by atoms with Gasteiger partial charge >= 0.3 is 12.1 Å². The van der Waals surface area contributed by atoms with Crippen LogP contribution >= 0.6 is 0 Å². The molecule has 2 atom stereocenters. The lowest BCUT2D eigenvalue weighted by Crippen LogP contribution is -2.44. The van der Waals surface area contributed by atoms with Crippen LogP contribution in [0, 0.1) is 5.92 Å². The normalized spacial score (nSPS) is 12.7. The number of carboxylic acid groups (broad SMARTS) is 1. The lowest BCUT2D eigenvalue weighted by atomic mass is 9.99. The SMILES string of the molecule is CC[C@@H](C)[C@@H](NC(=O)CCCCCNC(=O)OCc1ccccc1)C(=O)O. The molecule has 0 bridgehead atoms. The lowest BCUT2D eigenvalue weighted by molar-refractivity contribution is -0.143. The second-order valence-electron chi connectivity index (χ2n) is 6.57. The number of ether oxygens (including phenoxy) is 1. The second kappa shape index (κ2) is 12.7. The Morgan fingerprint density at radius 3 is 2.44 bits per heavy atom. The molecule has 0 saturated carbocycles. The minimum absolute atomic E-state index is 0.113. The number of benzene rings is 1. The van der Waals surface area contributed by atoms with Crippen molar-refractivity contribution >= 4 is 18.0 Å². The van der Waals surface area contributed by atoms with Crippen LogP contribution in [-0.2, 0) is 20.9 Å². The minimum Gasteiger partial charge on any atom is -0.480 e. The lowest BCUT2D eigenvalue weighted by Gasteiger charge is -2.20. The third-order valence-corrected chi connectivity index (χ3v) is 4.36. The molecule has 1 aromatic rings. The van der Waals surface area contributed by atoms with Gasteiger partial charge in [0, 0.05) is 13.0 Å². The Morgan fingerprint density at radius 1 is 1.11 bits per heavy atom. The van der Waals surface area contributed by atoms with Crippen LogP contribution in [0.1, 0.15) is 51.5 Å². The molecule has 1 aromatic carbocycles. The van der Waals surface area contributed by atoms with E-state index in [-0.39, 0.29) is 24.9 Å². The molecule has 3 N–H and O–H groups in total. The van der Waals surface area contributed by atoms with Crippen molar-refractivity contribution in [2.24, 2.45) is 5.92 Å². The van der Waals surface area contributed by atoms with Crippen LogP contribution in [-0.4, -0.2) is 35.7 Å². The maximum atomic E-state index is 11.9. The Balaban J connectivity index is 2.09. The summed E-state index contributed by atoms with van der Waals surface area (Å²) in [5.41, 5.74) is 0.927. The molecule has 0 saturated heterocycles. The number of carbonyl (C=O) groups excluding carboxylic acids is 2. The number of aliphatic carboxylic acids is 1. The average Bonchev–Trinajstić information content (AvgIpc) is 2.67. The van der Waals surface area contributed by atoms with Gasteiger partial charge in [0.25, 0.3) is 0 Å². The van der Waals surface area contributed by atoms with Crippen LogP contribution in [0.3, 0.4) is 0 Å². The molecule has 2 amide bonds. The summed E-state index contributed by atoms with van der Waals surface area (Å²) in [5.74, 6) is -1.37. The predicted molar refractivity (Wildman–Crippen MR) is 102 cm³/mol. The van der Waals surface area contributed by atoms with E-state index >= 15 is 0 Å². The first-order chi connectivity index (χ1) is 12.9. The van der Waals surface area contributed by atoms with Crippen molar-refractivity contribution in [1.29, 1.82) is 0 Å². The summed E-state index contributed by atoms with van der Waals surface area (Å²) in [4.78, 5) is 34.6.